The number of benzene rings is 2. The van der Waals surface area contributed by atoms with Crippen LogP contribution in [-0.2, 0) is 33.6 Å². The first kappa shape index (κ1) is 67.2. The fourth-order valence-electron chi connectivity index (χ4n) is 10.9. The number of nitrogens with two attached hydrogens (primary N) is 1. The second kappa shape index (κ2) is 31.9. The number of hydrogen-bond acceptors (Lipinski definition) is 19. The highest BCUT2D eigenvalue weighted by Crippen LogP contribution is 2.35. The van der Waals surface area contributed by atoms with E-state index in [2.05, 4.69) is 42.0 Å². The molecule has 3 aliphatic heterocycles. The Morgan fingerprint density at radius 2 is 1.39 bits per heavy atom. The van der Waals surface area contributed by atoms with Crippen LogP contribution in [-0.4, -0.2) is 194 Å². The average Bonchev–Trinajstić information content (AvgIpc) is 4.14. The lowest BCUT2D eigenvalue weighted by atomic mass is 9.86. The van der Waals surface area contributed by atoms with Gasteiger partial charge in [0.25, 0.3) is 0 Å². The molecule has 0 bridgehead atoms. The van der Waals surface area contributed by atoms with Gasteiger partial charge in [-0.3, -0.25) is 33.6 Å². The molecule has 3 fully saturated rings. The van der Waals surface area contributed by atoms with Gasteiger partial charge in [-0.1, -0.05) is 89.6 Å². The number of phenols is 3. The number of aliphatic hydroxyl groups excluding tert-OH is 7. The Kier molecular flexibility index (Phi) is 26.1. The third kappa shape index (κ3) is 18.7. The maximum absolute atomic E-state index is 14.8. The molecular weight excluding hydrogens is 1090 g/mol. The Labute approximate surface area is 482 Å². The summed E-state index contributed by atoms with van der Waals surface area (Å²) in [6.07, 6.45) is -6.86. The van der Waals surface area contributed by atoms with E-state index in [9.17, 15) is 84.6 Å². The SMILES string of the molecule is CCC(C)CC(C)CCCCCCCCC(=O)N[C@H]1C[C@@H](O)[C@@H](Sc2ccc(O)c(O)c2)NC(=O)[C@@H]2[C@@H](O)CCN2C(=O)[C@H]([C@H](O)CCN)NC(=O)[C@H]([C@H](O)[C@@H](O)c2ccc(O)cc2)CC(=O)[C@@H]2C[C@@H](O)CN2C(=O)[C@H]([C@@H](C)O)NC1=O. The van der Waals surface area contributed by atoms with E-state index in [1.807, 2.05) is 0 Å². The maximum Gasteiger partial charge on any atom is 0.248 e. The molecule has 16 atom stereocenters. The molecule has 3 saturated heterocycles. The van der Waals surface area contributed by atoms with Crippen molar-refractivity contribution in [1.29, 1.82) is 0 Å². The van der Waals surface area contributed by atoms with Crippen molar-refractivity contribution in [3.8, 4) is 17.2 Å². The van der Waals surface area contributed by atoms with Crippen molar-refractivity contribution in [3.05, 3.63) is 48.0 Å². The van der Waals surface area contributed by atoms with Gasteiger partial charge in [0, 0.05) is 43.7 Å². The Balaban J connectivity index is 1.54. The molecule has 82 heavy (non-hydrogen) atoms. The molecule has 0 saturated carbocycles. The van der Waals surface area contributed by atoms with E-state index in [4.69, 9.17) is 5.73 Å². The van der Waals surface area contributed by atoms with E-state index in [1.54, 1.807) is 0 Å². The number of aromatic hydroxyl groups is 3. The van der Waals surface area contributed by atoms with Crippen molar-refractivity contribution in [1.82, 2.24) is 31.1 Å². The molecule has 3 aliphatic rings. The molecule has 0 aromatic heterocycles. The molecule has 2 aromatic carbocycles. The molecule has 3 heterocycles. The minimum Gasteiger partial charge on any atom is -0.508 e. The summed E-state index contributed by atoms with van der Waals surface area (Å²) < 4.78 is 0. The lowest BCUT2D eigenvalue weighted by Crippen LogP contribution is -2.61. The standard InChI is InChI=1S/C57H87N7O17S/c1-5-30(2)24-31(3)12-10-8-6-7-9-11-13-46(74)59-38-28-45(73)55(82-36-18-19-40(68)44(72)26-36)62-54(79)49-42(70)21-23-63(49)57(81)48(41(69)20-22-58)61-52(77)37(51(76)50(75)33-14-16-34(66)17-15-33)27-43(71)39-25-35(67)29-64(39)56(80)47(32(4)65)60-53(38)78/h14-19,26,30-32,35,37-39,41-42,45,47-51,55,65-70,72-73,75-76H,5-13,20-25,27-29,58H2,1-4H3,(H,59,74)(H,60,78)(H,61,77)(H,62,79)/t30?,31?,32-,35-,37+,38+,39+,41-,42+,45-,47+,48+,49+,50+,51+,55-/m1/s1. The van der Waals surface area contributed by atoms with E-state index in [0.29, 0.717) is 36.4 Å². The smallest absolute Gasteiger partial charge is 0.248 e. The first-order valence-corrected chi connectivity index (χ1v) is 29.5. The monoisotopic (exact) mass is 1170 g/mol. The van der Waals surface area contributed by atoms with Crippen molar-refractivity contribution in [2.45, 2.75) is 207 Å². The van der Waals surface area contributed by atoms with E-state index in [0.717, 1.165) is 67.4 Å². The number of carbonyl (C=O) groups is 7. The van der Waals surface area contributed by atoms with Crippen LogP contribution in [0.3, 0.4) is 0 Å². The Hall–Kier alpha value is -5.64. The highest BCUT2D eigenvalue weighted by Gasteiger charge is 2.49. The number of rotatable bonds is 22. The molecule has 16 N–H and O–H groups in total. The van der Waals surface area contributed by atoms with E-state index < -0.39 is 163 Å². The van der Waals surface area contributed by atoms with Crippen molar-refractivity contribution < 1.29 is 84.6 Å². The quantitative estimate of drug-likeness (QED) is 0.0561. The number of carbonyl (C=O) groups excluding carboxylic acids is 7. The molecule has 458 valence electrons. The third-order valence-electron chi connectivity index (χ3n) is 15.9. The van der Waals surface area contributed by atoms with Crippen LogP contribution in [0, 0.1) is 17.8 Å². The normalized spacial score (nSPS) is 27.7. The number of hydrogen-bond donors (Lipinski definition) is 15. The topological polar surface area (TPSA) is 402 Å². The number of unbranched alkanes of at least 4 members (excludes halogenated alkanes) is 5. The summed E-state index contributed by atoms with van der Waals surface area (Å²) >= 11 is 0.695. The Morgan fingerprint density at radius 1 is 0.744 bits per heavy atom. The van der Waals surface area contributed by atoms with Crippen molar-refractivity contribution >= 4 is 53.0 Å². The van der Waals surface area contributed by atoms with Crippen LogP contribution in [0.25, 0.3) is 0 Å². The van der Waals surface area contributed by atoms with Gasteiger partial charge in [0.15, 0.2) is 17.3 Å². The fourth-order valence-corrected chi connectivity index (χ4v) is 12.0. The molecule has 6 amide bonds. The van der Waals surface area contributed by atoms with E-state index >= 15 is 0 Å². The summed E-state index contributed by atoms with van der Waals surface area (Å²) in [6, 6.07) is -0.667. The molecule has 5 rings (SSSR count). The molecule has 2 aromatic rings. The minimum atomic E-state index is -2.20. The number of nitrogens with one attached hydrogen (secondary N) is 4. The van der Waals surface area contributed by atoms with Gasteiger partial charge in [0.05, 0.1) is 48.6 Å². The van der Waals surface area contributed by atoms with Gasteiger partial charge >= 0.3 is 0 Å². The number of aliphatic hydroxyl groups is 7. The lowest BCUT2D eigenvalue weighted by Gasteiger charge is -2.34. The van der Waals surface area contributed by atoms with E-state index in [1.165, 1.54) is 36.8 Å². The predicted octanol–water partition coefficient (Wildman–Crippen LogP) is 0.434. The fraction of sp³-hybridized carbons (Fsp3) is 0.667. The van der Waals surface area contributed by atoms with Crippen LogP contribution in [0.5, 0.6) is 17.2 Å². The first-order valence-electron chi connectivity index (χ1n) is 28.6. The van der Waals surface area contributed by atoms with Crippen molar-refractivity contribution in [3.63, 3.8) is 0 Å². The van der Waals surface area contributed by atoms with Gasteiger partial charge in [-0.15, -0.1) is 0 Å². The first-order chi connectivity index (χ1) is 38.8. The summed E-state index contributed by atoms with van der Waals surface area (Å²) in [7, 11) is 0. The van der Waals surface area contributed by atoms with Gasteiger partial charge < -0.3 is 87.9 Å². The van der Waals surface area contributed by atoms with Crippen LogP contribution in [0.2, 0.25) is 0 Å². The number of phenolic OH excluding ortho intramolecular Hbond substituents is 3. The number of Topliss-reactive ketones (excluding diaryl/α,β-unsaturated/α-hetero) is 1. The molecule has 0 radical (unpaired) electrons. The van der Waals surface area contributed by atoms with E-state index in [-0.39, 0.29) is 48.6 Å². The highest BCUT2D eigenvalue weighted by atomic mass is 32.2. The van der Waals surface area contributed by atoms with Crippen molar-refractivity contribution in [2.24, 2.45) is 23.5 Å². The summed E-state index contributed by atoms with van der Waals surface area (Å²) in [6.45, 7) is 6.74. The molecule has 2 unspecified atom stereocenters. The van der Waals surface area contributed by atoms with Gasteiger partial charge in [-0.25, -0.2) is 0 Å². The van der Waals surface area contributed by atoms with Crippen LogP contribution >= 0.6 is 11.8 Å². The zero-order valence-corrected chi connectivity index (χ0v) is 48.0. The Bertz CT molecular complexity index is 2460. The average molecular weight is 1170 g/mol. The summed E-state index contributed by atoms with van der Waals surface area (Å²) in [5, 5.41) is 119. The summed E-state index contributed by atoms with van der Waals surface area (Å²) in [4.78, 5) is 103. The van der Waals surface area contributed by atoms with Crippen LogP contribution < -0.4 is 27.0 Å². The number of fused-ring (bicyclic) bond motifs is 2. The maximum atomic E-state index is 14.8. The Morgan fingerprint density at radius 3 is 2.04 bits per heavy atom. The van der Waals surface area contributed by atoms with Crippen LogP contribution in [0.4, 0.5) is 0 Å². The second-order valence-electron chi connectivity index (χ2n) is 22.5. The predicted molar refractivity (Wildman–Crippen MR) is 300 cm³/mol. The molecule has 0 aliphatic carbocycles. The number of nitrogens with zero attached hydrogens (tertiary/aromatic N) is 2. The van der Waals surface area contributed by atoms with Gasteiger partial charge in [-0.05, 0) is 86.9 Å². The van der Waals surface area contributed by atoms with Gasteiger partial charge in [0.2, 0.25) is 35.4 Å². The van der Waals surface area contributed by atoms with Crippen molar-refractivity contribution in [2.75, 3.05) is 19.6 Å². The van der Waals surface area contributed by atoms with Crippen LogP contribution in [0.1, 0.15) is 136 Å². The number of amides is 6. The largest absolute Gasteiger partial charge is 0.508 e. The number of ketones is 1. The van der Waals surface area contributed by atoms with Gasteiger partial charge in [0.1, 0.15) is 41.4 Å². The third-order valence-corrected chi connectivity index (χ3v) is 17.1. The molecule has 25 heteroatoms. The highest BCUT2D eigenvalue weighted by molar-refractivity contribution is 8.00. The molecular formula is C57H87N7O17S. The second-order valence-corrected chi connectivity index (χ2v) is 23.7. The minimum absolute atomic E-state index is 0.0379. The lowest BCUT2D eigenvalue weighted by molar-refractivity contribution is -0.149. The molecule has 24 nitrogen and oxygen atoms in total. The zero-order valence-electron chi connectivity index (χ0n) is 47.2. The number of thioether (sulfide) groups is 1. The summed E-state index contributed by atoms with van der Waals surface area (Å²) in [5.74, 6) is -9.42. The summed E-state index contributed by atoms with van der Waals surface area (Å²) in [5.41, 5.74) is 5.75. The molecule has 0 spiro atoms. The zero-order chi connectivity index (χ0) is 60.5. The van der Waals surface area contributed by atoms with Gasteiger partial charge in [-0.2, -0.15) is 0 Å². The van der Waals surface area contributed by atoms with Crippen LogP contribution in [0.15, 0.2) is 47.4 Å².